The maximum atomic E-state index is 12.8. The number of sulfonamides is 1. The van der Waals surface area contributed by atoms with E-state index in [-0.39, 0.29) is 12.5 Å². The monoisotopic (exact) mass is 479 g/mol. The third kappa shape index (κ3) is 6.19. The van der Waals surface area contributed by atoms with Crippen LogP contribution in [0.3, 0.4) is 0 Å². The van der Waals surface area contributed by atoms with Crippen molar-refractivity contribution in [1.29, 1.82) is 0 Å². The summed E-state index contributed by atoms with van der Waals surface area (Å²) in [6.07, 6.45) is 5.37. The molecule has 34 heavy (non-hydrogen) atoms. The fourth-order valence-electron chi connectivity index (χ4n) is 3.87. The molecular weight excluding hydrogens is 450 g/mol. The zero-order valence-electron chi connectivity index (χ0n) is 19.2. The lowest BCUT2D eigenvalue weighted by Gasteiger charge is -2.34. The molecule has 0 N–H and O–H groups in total. The first kappa shape index (κ1) is 23.9. The van der Waals surface area contributed by atoms with Crippen LogP contribution in [0, 0.1) is 0 Å². The lowest BCUT2D eigenvalue weighted by molar-refractivity contribution is -0.133. The first-order chi connectivity index (χ1) is 16.4. The van der Waals surface area contributed by atoms with Gasteiger partial charge in [0.25, 0.3) is 0 Å². The number of nitrogens with zero attached hydrogens (tertiary/aromatic N) is 5. The van der Waals surface area contributed by atoms with Crippen LogP contribution in [0.2, 0.25) is 0 Å². The molecule has 1 amide bonds. The molecule has 0 radical (unpaired) electrons. The fourth-order valence-corrected chi connectivity index (χ4v) is 5.04. The van der Waals surface area contributed by atoms with E-state index in [4.69, 9.17) is 0 Å². The highest BCUT2D eigenvalue weighted by Gasteiger charge is 2.27. The Kier molecular flexibility index (Phi) is 7.56. The summed E-state index contributed by atoms with van der Waals surface area (Å²) in [5, 5.41) is 5.64. The van der Waals surface area contributed by atoms with Gasteiger partial charge in [-0.05, 0) is 30.8 Å². The highest BCUT2D eigenvalue weighted by Crippen LogP contribution is 2.13. The molecule has 0 spiro atoms. The Balaban J connectivity index is 1.26. The Bertz CT molecular complexity index is 1220. The first-order valence-electron chi connectivity index (χ1n) is 11.2. The molecule has 1 fully saturated rings. The minimum absolute atomic E-state index is 0.00479. The molecule has 9 heteroatoms. The molecular formula is C25H29N5O3S. The molecule has 1 aromatic heterocycles. The summed E-state index contributed by atoms with van der Waals surface area (Å²) in [6.45, 7) is 2.21. The summed E-state index contributed by atoms with van der Waals surface area (Å²) >= 11 is 0. The van der Waals surface area contributed by atoms with Crippen LogP contribution in [-0.4, -0.2) is 78.0 Å². The molecule has 4 rings (SSSR count). The zero-order chi connectivity index (χ0) is 24.0. The molecule has 1 saturated heterocycles. The quantitative estimate of drug-likeness (QED) is 0.496. The van der Waals surface area contributed by atoms with Crippen molar-refractivity contribution in [3.63, 3.8) is 0 Å². The van der Waals surface area contributed by atoms with Crippen molar-refractivity contribution in [3.05, 3.63) is 89.6 Å². The van der Waals surface area contributed by atoms with Gasteiger partial charge in [-0.1, -0.05) is 48.5 Å². The Morgan fingerprint density at radius 1 is 1.00 bits per heavy atom. The lowest BCUT2D eigenvalue weighted by atomic mass is 10.2. The second kappa shape index (κ2) is 10.8. The van der Waals surface area contributed by atoms with Gasteiger partial charge >= 0.3 is 0 Å². The van der Waals surface area contributed by atoms with Crippen molar-refractivity contribution in [2.45, 2.75) is 6.54 Å². The Morgan fingerprint density at radius 2 is 1.65 bits per heavy atom. The first-order valence-corrected chi connectivity index (χ1v) is 12.7. The molecule has 1 aliphatic heterocycles. The molecule has 0 saturated carbocycles. The second-order valence-corrected chi connectivity index (χ2v) is 10.2. The van der Waals surface area contributed by atoms with Gasteiger partial charge in [0.1, 0.15) is 0 Å². The van der Waals surface area contributed by atoms with Crippen molar-refractivity contribution in [2.75, 3.05) is 39.8 Å². The number of hydrogen-bond donors (Lipinski definition) is 0. The maximum absolute atomic E-state index is 12.8. The molecule has 0 unspecified atom stereocenters. The van der Waals surface area contributed by atoms with Gasteiger partial charge in [-0.25, -0.2) is 13.1 Å². The Hall–Kier alpha value is -3.27. The van der Waals surface area contributed by atoms with E-state index in [1.165, 1.54) is 9.71 Å². The minimum Gasteiger partial charge on any atom is -0.339 e. The van der Waals surface area contributed by atoms with Crippen LogP contribution in [0.15, 0.2) is 78.5 Å². The van der Waals surface area contributed by atoms with Crippen molar-refractivity contribution >= 4 is 22.0 Å². The van der Waals surface area contributed by atoms with Crippen molar-refractivity contribution in [1.82, 2.24) is 23.9 Å². The number of aromatic nitrogens is 2. The SMILES string of the molecule is CN(CC(=O)N1CCN(S(=O)(=O)C=Cc2ccccc2)CC1)Cc1cnn(-c2ccccc2)c1. The van der Waals surface area contributed by atoms with Crippen LogP contribution in [0.25, 0.3) is 11.8 Å². The third-order valence-electron chi connectivity index (χ3n) is 5.70. The van der Waals surface area contributed by atoms with Crippen molar-refractivity contribution in [3.8, 4) is 5.69 Å². The highest BCUT2D eigenvalue weighted by molar-refractivity contribution is 7.92. The molecule has 0 aliphatic carbocycles. The average Bonchev–Trinajstić information content (AvgIpc) is 3.32. The van der Waals surface area contributed by atoms with Gasteiger partial charge in [-0.3, -0.25) is 9.69 Å². The average molecular weight is 480 g/mol. The van der Waals surface area contributed by atoms with E-state index in [1.807, 2.05) is 83.5 Å². The number of rotatable bonds is 8. The smallest absolute Gasteiger partial charge is 0.236 e. The predicted octanol–water partition coefficient (Wildman–Crippen LogP) is 2.45. The van der Waals surface area contributed by atoms with E-state index < -0.39 is 10.0 Å². The molecule has 178 valence electrons. The molecule has 0 bridgehead atoms. The van der Waals surface area contributed by atoms with Crippen LogP contribution in [0.4, 0.5) is 0 Å². The van der Waals surface area contributed by atoms with Gasteiger partial charge in [0.2, 0.25) is 15.9 Å². The van der Waals surface area contributed by atoms with E-state index in [0.717, 1.165) is 16.8 Å². The number of benzene rings is 2. The molecule has 0 atom stereocenters. The maximum Gasteiger partial charge on any atom is 0.236 e. The molecule has 8 nitrogen and oxygen atoms in total. The van der Waals surface area contributed by atoms with E-state index in [9.17, 15) is 13.2 Å². The van der Waals surface area contributed by atoms with Crippen molar-refractivity contribution in [2.24, 2.45) is 0 Å². The van der Waals surface area contributed by atoms with Gasteiger partial charge in [-0.15, -0.1) is 0 Å². The lowest BCUT2D eigenvalue weighted by Crippen LogP contribution is -2.51. The Morgan fingerprint density at radius 3 is 2.32 bits per heavy atom. The summed E-state index contributed by atoms with van der Waals surface area (Å²) in [5.41, 5.74) is 2.83. The van der Waals surface area contributed by atoms with Crippen LogP contribution in [-0.2, 0) is 21.4 Å². The van der Waals surface area contributed by atoms with Gasteiger partial charge in [0, 0.05) is 49.9 Å². The molecule has 2 heterocycles. The van der Waals surface area contributed by atoms with Crippen LogP contribution < -0.4 is 0 Å². The number of likely N-dealkylation sites (N-methyl/N-ethyl adjacent to an activating group) is 1. The van der Waals surface area contributed by atoms with E-state index in [0.29, 0.717) is 32.7 Å². The van der Waals surface area contributed by atoms with E-state index >= 15 is 0 Å². The van der Waals surface area contributed by atoms with Gasteiger partial charge in [0.15, 0.2) is 0 Å². The van der Waals surface area contributed by atoms with Crippen LogP contribution >= 0.6 is 0 Å². The second-order valence-electron chi connectivity index (χ2n) is 8.34. The summed E-state index contributed by atoms with van der Waals surface area (Å²) in [4.78, 5) is 16.5. The predicted molar refractivity (Wildman–Crippen MR) is 132 cm³/mol. The Labute approximate surface area is 200 Å². The molecule has 3 aromatic rings. The normalized spacial score (nSPS) is 15.3. The summed E-state index contributed by atoms with van der Waals surface area (Å²) in [7, 11) is -1.62. The number of carbonyl (C=O) groups is 1. The van der Waals surface area contributed by atoms with Gasteiger partial charge in [-0.2, -0.15) is 9.40 Å². The van der Waals surface area contributed by atoms with Crippen LogP contribution in [0.1, 0.15) is 11.1 Å². The number of carbonyl (C=O) groups excluding carboxylic acids is 1. The highest BCUT2D eigenvalue weighted by atomic mass is 32.2. The summed E-state index contributed by atoms with van der Waals surface area (Å²) < 4.78 is 28.5. The fraction of sp³-hybridized carbons (Fsp3) is 0.280. The third-order valence-corrected chi connectivity index (χ3v) is 7.26. The standard InChI is InChI=1S/C25H29N5O3S/c1-27(19-23-18-26-30(20-23)24-10-6-3-7-11-24)21-25(31)28-13-15-29(16-14-28)34(32,33)17-12-22-8-4-2-5-9-22/h2-12,17-18,20H,13-16,19,21H2,1H3. The van der Waals surface area contributed by atoms with E-state index in [1.54, 1.807) is 17.2 Å². The minimum atomic E-state index is -3.52. The van der Waals surface area contributed by atoms with Crippen molar-refractivity contribution < 1.29 is 13.2 Å². The van der Waals surface area contributed by atoms with Crippen LogP contribution in [0.5, 0.6) is 0 Å². The zero-order valence-corrected chi connectivity index (χ0v) is 20.0. The molecule has 2 aromatic carbocycles. The number of piperazine rings is 1. The topological polar surface area (TPSA) is 78.8 Å². The van der Waals surface area contributed by atoms with Gasteiger partial charge in [0.05, 0.1) is 18.4 Å². The summed E-state index contributed by atoms with van der Waals surface area (Å²) in [6, 6.07) is 19.2. The summed E-state index contributed by atoms with van der Waals surface area (Å²) in [5.74, 6) is -0.00479. The molecule has 1 aliphatic rings. The number of para-hydroxylation sites is 1. The van der Waals surface area contributed by atoms with E-state index in [2.05, 4.69) is 5.10 Å². The van der Waals surface area contributed by atoms with Gasteiger partial charge < -0.3 is 4.90 Å². The largest absolute Gasteiger partial charge is 0.339 e. The number of amides is 1. The number of hydrogen-bond acceptors (Lipinski definition) is 5.